The van der Waals surface area contributed by atoms with Crippen LogP contribution in [0.3, 0.4) is 0 Å². The molecule has 0 spiro atoms. The average molecular weight is 328 g/mol. The third kappa shape index (κ3) is 3.59. The molecule has 0 aliphatic heterocycles. The minimum atomic E-state index is -0.349. The van der Waals surface area contributed by atoms with E-state index in [4.69, 9.17) is 11.5 Å². The number of aryl methyl sites for hydroxylation is 3. The van der Waals surface area contributed by atoms with Crippen molar-refractivity contribution in [1.82, 2.24) is 9.88 Å². The van der Waals surface area contributed by atoms with Crippen molar-refractivity contribution >= 4 is 17.3 Å². The number of nitrogen functional groups attached to an aromatic ring is 2. The first-order chi connectivity index (χ1) is 11.2. The maximum Gasteiger partial charge on any atom is 0.274 e. The van der Waals surface area contributed by atoms with Gasteiger partial charge in [0.05, 0.1) is 11.7 Å². The first-order valence-corrected chi connectivity index (χ1v) is 7.82. The van der Waals surface area contributed by atoms with Gasteiger partial charge < -0.3 is 21.4 Å². The second kappa shape index (κ2) is 6.78. The standard InChI is InChI=1S/C18H24N4O2/c1-10-7-14(19)8-11(2)17(10)13(4)21-16(23)9-22-12(3)5-6-15(20)18(22)24/h5-8,13H,9,19-20H2,1-4H3,(H,21,23). The molecule has 0 radical (unpaired) electrons. The summed E-state index contributed by atoms with van der Waals surface area (Å²) in [7, 11) is 0. The van der Waals surface area contributed by atoms with Crippen LogP contribution in [0.2, 0.25) is 0 Å². The molecule has 1 atom stereocenters. The number of nitrogens with two attached hydrogens (primary N) is 2. The monoisotopic (exact) mass is 328 g/mol. The van der Waals surface area contributed by atoms with E-state index in [1.165, 1.54) is 4.57 Å². The zero-order valence-electron chi connectivity index (χ0n) is 14.5. The summed E-state index contributed by atoms with van der Waals surface area (Å²) in [5, 5.41) is 2.94. The number of hydrogen-bond donors (Lipinski definition) is 3. The number of pyridine rings is 1. The van der Waals surface area contributed by atoms with Crippen LogP contribution in [-0.4, -0.2) is 10.5 Å². The summed E-state index contributed by atoms with van der Waals surface area (Å²) < 4.78 is 1.38. The highest BCUT2D eigenvalue weighted by Gasteiger charge is 2.16. The smallest absolute Gasteiger partial charge is 0.274 e. The second-order valence-electron chi connectivity index (χ2n) is 6.18. The molecule has 0 saturated carbocycles. The molecule has 1 amide bonds. The van der Waals surface area contributed by atoms with Gasteiger partial charge in [-0.05, 0) is 68.7 Å². The molecule has 2 aromatic rings. The van der Waals surface area contributed by atoms with Crippen LogP contribution >= 0.6 is 0 Å². The van der Waals surface area contributed by atoms with Gasteiger partial charge in [0.1, 0.15) is 6.54 Å². The predicted octanol–water partition coefficient (Wildman–Crippen LogP) is 1.82. The fourth-order valence-corrected chi connectivity index (χ4v) is 3.08. The Bertz CT molecular complexity index is 816. The van der Waals surface area contributed by atoms with E-state index < -0.39 is 0 Å². The number of anilines is 2. The van der Waals surface area contributed by atoms with Gasteiger partial charge in [0, 0.05) is 11.4 Å². The molecule has 0 aliphatic rings. The highest BCUT2D eigenvalue weighted by atomic mass is 16.2. The van der Waals surface area contributed by atoms with Crippen molar-refractivity contribution < 1.29 is 4.79 Å². The Morgan fingerprint density at radius 3 is 2.33 bits per heavy atom. The molecule has 24 heavy (non-hydrogen) atoms. The van der Waals surface area contributed by atoms with Gasteiger partial charge in [-0.25, -0.2) is 0 Å². The number of nitrogens with one attached hydrogen (secondary N) is 1. The van der Waals surface area contributed by atoms with Crippen molar-refractivity contribution in [3.63, 3.8) is 0 Å². The number of benzene rings is 1. The van der Waals surface area contributed by atoms with Gasteiger partial charge in [0.15, 0.2) is 0 Å². The van der Waals surface area contributed by atoms with Crippen LogP contribution < -0.4 is 22.3 Å². The number of amides is 1. The van der Waals surface area contributed by atoms with Gasteiger partial charge in [-0.1, -0.05) is 0 Å². The van der Waals surface area contributed by atoms with Crippen molar-refractivity contribution in [2.24, 2.45) is 0 Å². The summed E-state index contributed by atoms with van der Waals surface area (Å²) in [6, 6.07) is 6.86. The lowest BCUT2D eigenvalue weighted by Crippen LogP contribution is -2.35. The lowest BCUT2D eigenvalue weighted by atomic mass is 9.96. The third-order valence-electron chi connectivity index (χ3n) is 4.15. The van der Waals surface area contributed by atoms with E-state index in [0.717, 1.165) is 16.7 Å². The first kappa shape index (κ1) is 17.6. The van der Waals surface area contributed by atoms with Crippen LogP contribution in [0.5, 0.6) is 0 Å². The normalized spacial score (nSPS) is 12.0. The van der Waals surface area contributed by atoms with Crippen LogP contribution in [0.1, 0.15) is 35.3 Å². The molecule has 0 saturated heterocycles. The largest absolute Gasteiger partial charge is 0.399 e. The molecule has 2 rings (SSSR count). The predicted molar refractivity (Wildman–Crippen MR) is 96.7 cm³/mol. The van der Waals surface area contributed by atoms with E-state index in [1.807, 2.05) is 32.9 Å². The minimum Gasteiger partial charge on any atom is -0.399 e. The highest BCUT2D eigenvalue weighted by Crippen LogP contribution is 2.24. The number of carbonyl (C=O) groups excluding carboxylic acids is 1. The molecule has 1 aromatic heterocycles. The summed E-state index contributed by atoms with van der Waals surface area (Å²) in [4.78, 5) is 24.4. The van der Waals surface area contributed by atoms with E-state index in [9.17, 15) is 9.59 Å². The summed E-state index contributed by atoms with van der Waals surface area (Å²) in [5.74, 6) is -0.242. The zero-order valence-corrected chi connectivity index (χ0v) is 14.5. The molecular formula is C18H24N4O2. The fraction of sp³-hybridized carbons (Fsp3) is 0.333. The maximum absolute atomic E-state index is 12.4. The average Bonchev–Trinajstić information content (AvgIpc) is 2.46. The molecule has 0 fully saturated rings. The van der Waals surface area contributed by atoms with E-state index in [0.29, 0.717) is 11.4 Å². The molecule has 1 unspecified atom stereocenters. The maximum atomic E-state index is 12.4. The molecule has 5 N–H and O–H groups in total. The van der Waals surface area contributed by atoms with Crippen LogP contribution in [0.25, 0.3) is 0 Å². The van der Waals surface area contributed by atoms with Crippen LogP contribution in [0, 0.1) is 20.8 Å². The van der Waals surface area contributed by atoms with Gasteiger partial charge in [-0.3, -0.25) is 9.59 Å². The third-order valence-corrected chi connectivity index (χ3v) is 4.15. The topological polar surface area (TPSA) is 103 Å². The van der Waals surface area contributed by atoms with Crippen LogP contribution in [0.4, 0.5) is 11.4 Å². The van der Waals surface area contributed by atoms with Crippen molar-refractivity contribution in [2.45, 2.75) is 40.3 Å². The molecule has 0 bridgehead atoms. The van der Waals surface area contributed by atoms with Gasteiger partial charge in [0.25, 0.3) is 5.56 Å². The summed E-state index contributed by atoms with van der Waals surface area (Å²) in [6.07, 6.45) is 0. The molecule has 6 heteroatoms. The summed E-state index contributed by atoms with van der Waals surface area (Å²) in [6.45, 7) is 7.55. The number of rotatable bonds is 4. The molecule has 1 heterocycles. The van der Waals surface area contributed by atoms with Crippen LogP contribution in [-0.2, 0) is 11.3 Å². The number of hydrogen-bond acceptors (Lipinski definition) is 4. The molecule has 0 aliphatic carbocycles. The molecular weight excluding hydrogens is 304 g/mol. The Kier molecular flexibility index (Phi) is 4.97. The van der Waals surface area contributed by atoms with Crippen molar-refractivity contribution in [1.29, 1.82) is 0 Å². The Labute approximate surface area is 141 Å². The minimum absolute atomic E-state index is 0.0624. The summed E-state index contributed by atoms with van der Waals surface area (Å²) >= 11 is 0. The lowest BCUT2D eigenvalue weighted by Gasteiger charge is -2.20. The Hall–Kier alpha value is -2.76. The van der Waals surface area contributed by atoms with Crippen molar-refractivity contribution in [3.05, 3.63) is 57.0 Å². The molecule has 6 nitrogen and oxygen atoms in total. The van der Waals surface area contributed by atoms with E-state index in [-0.39, 0.29) is 29.7 Å². The Morgan fingerprint density at radius 1 is 1.17 bits per heavy atom. The van der Waals surface area contributed by atoms with Gasteiger partial charge in [-0.15, -0.1) is 0 Å². The van der Waals surface area contributed by atoms with Gasteiger partial charge >= 0.3 is 0 Å². The lowest BCUT2D eigenvalue weighted by molar-refractivity contribution is -0.122. The van der Waals surface area contributed by atoms with Crippen molar-refractivity contribution in [2.75, 3.05) is 11.5 Å². The number of nitrogens with zero attached hydrogens (tertiary/aromatic N) is 1. The fourth-order valence-electron chi connectivity index (χ4n) is 3.08. The Morgan fingerprint density at radius 2 is 1.75 bits per heavy atom. The van der Waals surface area contributed by atoms with Gasteiger partial charge in [-0.2, -0.15) is 0 Å². The number of carbonyl (C=O) groups is 1. The molecule has 128 valence electrons. The zero-order chi connectivity index (χ0) is 18.0. The summed E-state index contributed by atoms with van der Waals surface area (Å²) in [5.41, 5.74) is 15.7. The number of aromatic nitrogens is 1. The SMILES string of the molecule is Cc1cc(N)cc(C)c1C(C)NC(=O)Cn1c(C)ccc(N)c1=O. The van der Waals surface area contributed by atoms with E-state index in [2.05, 4.69) is 5.32 Å². The van der Waals surface area contributed by atoms with Crippen LogP contribution in [0.15, 0.2) is 29.1 Å². The molecule has 1 aromatic carbocycles. The van der Waals surface area contributed by atoms with Crippen molar-refractivity contribution in [3.8, 4) is 0 Å². The quantitative estimate of drug-likeness (QED) is 0.745. The second-order valence-corrected chi connectivity index (χ2v) is 6.18. The van der Waals surface area contributed by atoms with Gasteiger partial charge in [0.2, 0.25) is 5.91 Å². The highest BCUT2D eigenvalue weighted by molar-refractivity contribution is 5.76. The van der Waals surface area contributed by atoms with E-state index >= 15 is 0 Å². The Balaban J connectivity index is 2.19. The first-order valence-electron chi connectivity index (χ1n) is 7.82. The van der Waals surface area contributed by atoms with E-state index in [1.54, 1.807) is 19.1 Å².